The molecule has 88 valence electrons. The van der Waals surface area contributed by atoms with E-state index in [0.717, 1.165) is 11.3 Å². The molecule has 0 bridgehead atoms. The third-order valence-corrected chi connectivity index (χ3v) is 2.41. The lowest BCUT2D eigenvalue weighted by atomic mass is 10.2. The minimum atomic E-state index is -0.154. The third-order valence-electron chi connectivity index (χ3n) is 2.19. The fourth-order valence-corrected chi connectivity index (χ4v) is 1.41. The van der Waals surface area contributed by atoms with Crippen molar-refractivity contribution in [3.8, 4) is 0 Å². The minimum absolute atomic E-state index is 0.0407. The van der Waals surface area contributed by atoms with Crippen molar-refractivity contribution in [1.82, 2.24) is 0 Å². The zero-order valence-electron chi connectivity index (χ0n) is 9.57. The summed E-state index contributed by atoms with van der Waals surface area (Å²) in [5, 5.41) is 0. The molecule has 0 aliphatic carbocycles. The lowest BCUT2D eigenvalue weighted by molar-refractivity contribution is -0.117. The molecule has 1 aromatic carbocycles. The van der Waals surface area contributed by atoms with Crippen molar-refractivity contribution < 1.29 is 9.53 Å². The first kappa shape index (κ1) is 13.0. The van der Waals surface area contributed by atoms with Crippen LogP contribution in [0.3, 0.4) is 0 Å². The van der Waals surface area contributed by atoms with Crippen molar-refractivity contribution in [2.75, 3.05) is 24.1 Å². The largest absolute Gasteiger partial charge is 0.361 e. The van der Waals surface area contributed by atoms with Gasteiger partial charge < -0.3 is 4.74 Å². The first-order valence-corrected chi connectivity index (χ1v) is 5.73. The molecule has 1 aromatic rings. The maximum Gasteiger partial charge on any atom is 0.243 e. The summed E-state index contributed by atoms with van der Waals surface area (Å²) in [4.78, 5) is 13.2. The molecule has 0 fully saturated rings. The van der Waals surface area contributed by atoms with Gasteiger partial charge in [0.05, 0.1) is 0 Å². The van der Waals surface area contributed by atoms with Crippen molar-refractivity contribution in [3.63, 3.8) is 0 Å². The number of amides is 1. The van der Waals surface area contributed by atoms with E-state index in [-0.39, 0.29) is 18.5 Å². The van der Waals surface area contributed by atoms with E-state index >= 15 is 0 Å². The highest BCUT2D eigenvalue weighted by molar-refractivity contribution is 6.29. The number of ether oxygens (including phenoxy) is 1. The van der Waals surface area contributed by atoms with Crippen molar-refractivity contribution >= 4 is 23.2 Å². The second-order valence-corrected chi connectivity index (χ2v) is 3.68. The molecule has 4 heteroatoms. The van der Waals surface area contributed by atoms with Crippen LogP contribution in [0.1, 0.15) is 12.5 Å². The predicted octanol–water partition coefficient (Wildman–Crippen LogP) is 2.56. The Kier molecular flexibility index (Phi) is 5.29. The first-order chi connectivity index (χ1) is 7.69. The van der Waals surface area contributed by atoms with Crippen molar-refractivity contribution in [1.29, 1.82) is 0 Å². The maximum absolute atomic E-state index is 11.6. The Balaban J connectivity index is 2.82. The van der Waals surface area contributed by atoms with Crippen LogP contribution in [-0.2, 0) is 9.53 Å². The van der Waals surface area contributed by atoms with Gasteiger partial charge in [-0.3, -0.25) is 9.69 Å². The van der Waals surface area contributed by atoms with Crippen molar-refractivity contribution in [2.45, 2.75) is 13.8 Å². The molecular weight excluding hydrogens is 226 g/mol. The van der Waals surface area contributed by atoms with Gasteiger partial charge in [0.25, 0.3) is 0 Å². The molecular formula is C12H16ClNO2. The molecule has 0 heterocycles. The number of anilines is 1. The van der Waals surface area contributed by atoms with E-state index in [0.29, 0.717) is 6.61 Å². The average molecular weight is 242 g/mol. The van der Waals surface area contributed by atoms with Gasteiger partial charge in [-0.1, -0.05) is 17.7 Å². The summed E-state index contributed by atoms with van der Waals surface area (Å²) in [5.41, 5.74) is 1.96. The molecule has 0 aliphatic heterocycles. The normalized spacial score (nSPS) is 10.2. The van der Waals surface area contributed by atoms with E-state index in [1.165, 1.54) is 4.90 Å². The topological polar surface area (TPSA) is 29.5 Å². The Morgan fingerprint density at radius 2 is 2.00 bits per heavy atom. The highest BCUT2D eigenvalue weighted by atomic mass is 35.5. The Morgan fingerprint density at radius 1 is 1.38 bits per heavy atom. The SMILES string of the molecule is CCOCN(C(=O)CCl)c1ccc(C)cc1. The molecule has 0 saturated carbocycles. The molecule has 0 N–H and O–H groups in total. The van der Waals surface area contributed by atoms with Gasteiger partial charge in [0.15, 0.2) is 0 Å². The number of hydrogen-bond donors (Lipinski definition) is 0. The monoisotopic (exact) mass is 241 g/mol. The van der Waals surface area contributed by atoms with E-state index in [1.54, 1.807) is 0 Å². The van der Waals surface area contributed by atoms with Crippen LogP contribution in [0, 0.1) is 6.92 Å². The predicted molar refractivity (Wildman–Crippen MR) is 65.9 cm³/mol. The van der Waals surface area contributed by atoms with Crippen LogP contribution in [0.5, 0.6) is 0 Å². The Hall–Kier alpha value is -1.06. The summed E-state index contributed by atoms with van der Waals surface area (Å²) in [7, 11) is 0. The van der Waals surface area contributed by atoms with E-state index in [2.05, 4.69) is 0 Å². The first-order valence-electron chi connectivity index (χ1n) is 5.19. The smallest absolute Gasteiger partial charge is 0.243 e. The number of aryl methyl sites for hydroxylation is 1. The number of carbonyl (C=O) groups is 1. The van der Waals surface area contributed by atoms with Crippen LogP contribution in [0.2, 0.25) is 0 Å². The van der Waals surface area contributed by atoms with E-state index < -0.39 is 0 Å². The Labute approximate surface area is 101 Å². The zero-order valence-corrected chi connectivity index (χ0v) is 10.3. The molecule has 0 unspecified atom stereocenters. The Morgan fingerprint density at radius 3 is 2.50 bits per heavy atom. The van der Waals surface area contributed by atoms with Crippen LogP contribution < -0.4 is 4.90 Å². The van der Waals surface area contributed by atoms with Gasteiger partial charge in [0.1, 0.15) is 12.6 Å². The maximum atomic E-state index is 11.6. The van der Waals surface area contributed by atoms with Crippen LogP contribution >= 0.6 is 11.6 Å². The molecule has 0 saturated heterocycles. The average Bonchev–Trinajstić information content (AvgIpc) is 2.31. The highest BCUT2D eigenvalue weighted by Crippen LogP contribution is 2.15. The van der Waals surface area contributed by atoms with Crippen LogP contribution in [0.4, 0.5) is 5.69 Å². The molecule has 0 spiro atoms. The van der Waals surface area contributed by atoms with Gasteiger partial charge in [-0.05, 0) is 26.0 Å². The molecule has 0 radical (unpaired) electrons. The van der Waals surface area contributed by atoms with Gasteiger partial charge in [0, 0.05) is 12.3 Å². The molecule has 1 rings (SSSR count). The standard InChI is InChI=1S/C12H16ClNO2/c1-3-16-9-14(12(15)8-13)11-6-4-10(2)5-7-11/h4-7H,3,8-9H2,1-2H3. The van der Waals surface area contributed by atoms with Gasteiger partial charge in [-0.25, -0.2) is 0 Å². The van der Waals surface area contributed by atoms with Gasteiger partial charge in [0.2, 0.25) is 5.91 Å². The fraction of sp³-hybridized carbons (Fsp3) is 0.417. The highest BCUT2D eigenvalue weighted by Gasteiger charge is 2.13. The summed E-state index contributed by atoms with van der Waals surface area (Å²) >= 11 is 5.56. The summed E-state index contributed by atoms with van der Waals surface area (Å²) in [6, 6.07) is 7.68. The minimum Gasteiger partial charge on any atom is -0.361 e. The molecule has 0 atom stereocenters. The van der Waals surface area contributed by atoms with Crippen molar-refractivity contribution in [3.05, 3.63) is 29.8 Å². The number of hydrogen-bond acceptors (Lipinski definition) is 2. The number of alkyl halides is 1. The van der Waals surface area contributed by atoms with Crippen LogP contribution in [-0.4, -0.2) is 25.1 Å². The van der Waals surface area contributed by atoms with E-state index in [1.807, 2.05) is 38.1 Å². The van der Waals surface area contributed by atoms with Gasteiger partial charge >= 0.3 is 0 Å². The number of carbonyl (C=O) groups excluding carboxylic acids is 1. The number of benzene rings is 1. The molecule has 1 amide bonds. The fourth-order valence-electron chi connectivity index (χ4n) is 1.27. The van der Waals surface area contributed by atoms with Crippen LogP contribution in [0.15, 0.2) is 24.3 Å². The summed E-state index contributed by atoms with van der Waals surface area (Å²) in [6.45, 7) is 4.70. The van der Waals surface area contributed by atoms with Crippen LogP contribution in [0.25, 0.3) is 0 Å². The number of rotatable bonds is 5. The van der Waals surface area contributed by atoms with E-state index in [9.17, 15) is 4.79 Å². The number of halogens is 1. The Bertz CT molecular complexity index is 337. The van der Waals surface area contributed by atoms with E-state index in [4.69, 9.17) is 16.3 Å². The second kappa shape index (κ2) is 6.51. The quantitative estimate of drug-likeness (QED) is 0.586. The van der Waals surface area contributed by atoms with Crippen molar-refractivity contribution in [2.24, 2.45) is 0 Å². The van der Waals surface area contributed by atoms with Gasteiger partial charge in [-0.15, -0.1) is 11.6 Å². The lowest BCUT2D eigenvalue weighted by Crippen LogP contribution is -2.34. The molecule has 0 aliphatic rings. The van der Waals surface area contributed by atoms with Gasteiger partial charge in [-0.2, -0.15) is 0 Å². The molecule has 16 heavy (non-hydrogen) atoms. The summed E-state index contributed by atoms with van der Waals surface area (Å²) in [6.07, 6.45) is 0. The zero-order chi connectivity index (χ0) is 12.0. The molecule has 3 nitrogen and oxygen atoms in total. The number of nitrogens with zero attached hydrogens (tertiary/aromatic N) is 1. The molecule has 0 aromatic heterocycles. The second-order valence-electron chi connectivity index (χ2n) is 3.41. The summed E-state index contributed by atoms with van der Waals surface area (Å²) < 4.78 is 5.25. The third kappa shape index (κ3) is 3.51. The summed E-state index contributed by atoms with van der Waals surface area (Å²) in [5.74, 6) is -0.194. The lowest BCUT2D eigenvalue weighted by Gasteiger charge is -2.21.